The van der Waals surface area contributed by atoms with Crippen LogP contribution in [0.2, 0.25) is 0 Å². The van der Waals surface area contributed by atoms with Crippen molar-refractivity contribution in [2.24, 2.45) is 0 Å². The van der Waals surface area contributed by atoms with Crippen molar-refractivity contribution in [3.05, 3.63) is 52.9 Å². The first kappa shape index (κ1) is 15.6. The monoisotopic (exact) mass is 293 g/mol. The Bertz CT molecular complexity index is 608. The van der Waals surface area contributed by atoms with Crippen molar-refractivity contribution in [1.82, 2.24) is 15.1 Å². The maximum atomic E-state index is 13.8. The van der Waals surface area contributed by atoms with Crippen LogP contribution >= 0.6 is 0 Å². The summed E-state index contributed by atoms with van der Waals surface area (Å²) in [5.41, 5.74) is 2.38. The summed E-state index contributed by atoms with van der Waals surface area (Å²) in [5.74, 6) is -1.57. The zero-order chi connectivity index (χ0) is 15.4. The van der Waals surface area contributed by atoms with Gasteiger partial charge in [-0.15, -0.1) is 0 Å². The van der Waals surface area contributed by atoms with Crippen LogP contribution in [0.1, 0.15) is 36.8 Å². The standard InChI is InChI=1S/C16H21F2N3/c1-4-12-10-15(21(5-2)20-12)14(19-3)9-11-7-6-8-13(17)16(11)18/h6-8,10,14,19H,4-5,9H2,1-3H3. The van der Waals surface area contributed by atoms with Crippen molar-refractivity contribution >= 4 is 0 Å². The molecule has 1 aromatic carbocycles. The molecule has 0 bridgehead atoms. The molecule has 114 valence electrons. The number of benzene rings is 1. The Morgan fingerprint density at radius 2 is 2.05 bits per heavy atom. The summed E-state index contributed by atoms with van der Waals surface area (Å²) in [7, 11) is 1.82. The molecule has 0 saturated carbocycles. The molecule has 0 amide bonds. The lowest BCUT2D eigenvalue weighted by atomic mass is 10.0. The van der Waals surface area contributed by atoms with E-state index >= 15 is 0 Å². The van der Waals surface area contributed by atoms with Gasteiger partial charge >= 0.3 is 0 Å². The minimum atomic E-state index is -0.805. The molecule has 1 heterocycles. The van der Waals surface area contributed by atoms with Crippen LogP contribution in [0.25, 0.3) is 0 Å². The number of rotatable bonds is 6. The smallest absolute Gasteiger partial charge is 0.162 e. The minimum Gasteiger partial charge on any atom is -0.311 e. The van der Waals surface area contributed by atoms with Crippen LogP contribution in [0.15, 0.2) is 24.3 Å². The lowest BCUT2D eigenvalue weighted by Gasteiger charge is -2.18. The molecule has 0 spiro atoms. The van der Waals surface area contributed by atoms with E-state index in [1.165, 1.54) is 6.07 Å². The number of hydrogen-bond donors (Lipinski definition) is 1. The van der Waals surface area contributed by atoms with Gasteiger partial charge in [-0.2, -0.15) is 5.10 Å². The summed E-state index contributed by atoms with van der Waals surface area (Å²) < 4.78 is 29.1. The van der Waals surface area contributed by atoms with Crippen molar-refractivity contribution < 1.29 is 8.78 Å². The number of nitrogens with zero attached hydrogens (tertiary/aromatic N) is 2. The Kier molecular flexibility index (Phi) is 5.07. The van der Waals surface area contributed by atoms with Gasteiger partial charge < -0.3 is 5.32 Å². The third kappa shape index (κ3) is 3.29. The highest BCUT2D eigenvalue weighted by atomic mass is 19.2. The van der Waals surface area contributed by atoms with Gasteiger partial charge in [0, 0.05) is 6.54 Å². The highest BCUT2D eigenvalue weighted by Crippen LogP contribution is 2.22. The number of aromatic nitrogens is 2. The van der Waals surface area contributed by atoms with Crippen LogP contribution < -0.4 is 5.32 Å². The maximum Gasteiger partial charge on any atom is 0.162 e. The predicted octanol–water partition coefficient (Wildman–Crippen LogP) is 3.25. The van der Waals surface area contributed by atoms with Gasteiger partial charge in [-0.25, -0.2) is 8.78 Å². The fourth-order valence-corrected chi connectivity index (χ4v) is 2.47. The zero-order valence-electron chi connectivity index (χ0n) is 12.7. The van der Waals surface area contributed by atoms with Crippen molar-refractivity contribution in [2.45, 2.75) is 39.3 Å². The van der Waals surface area contributed by atoms with Crippen LogP contribution in [-0.2, 0) is 19.4 Å². The average molecular weight is 293 g/mol. The van der Waals surface area contributed by atoms with E-state index in [-0.39, 0.29) is 6.04 Å². The predicted molar refractivity (Wildman–Crippen MR) is 79.1 cm³/mol. The molecule has 2 rings (SSSR count). The lowest BCUT2D eigenvalue weighted by Crippen LogP contribution is -2.23. The van der Waals surface area contributed by atoms with Crippen molar-refractivity contribution in [3.8, 4) is 0 Å². The molecule has 1 aromatic heterocycles. The quantitative estimate of drug-likeness (QED) is 0.886. The second-order valence-electron chi connectivity index (χ2n) is 4.99. The molecule has 0 fully saturated rings. The summed E-state index contributed by atoms with van der Waals surface area (Å²) >= 11 is 0. The van der Waals surface area contributed by atoms with Crippen molar-refractivity contribution in [3.63, 3.8) is 0 Å². The summed E-state index contributed by atoms with van der Waals surface area (Å²) in [5, 5.41) is 7.68. The molecule has 1 atom stereocenters. The molecule has 0 aliphatic heterocycles. The Morgan fingerprint density at radius 3 is 2.67 bits per heavy atom. The van der Waals surface area contributed by atoms with Gasteiger partial charge in [0.2, 0.25) is 0 Å². The van der Waals surface area contributed by atoms with E-state index in [1.807, 2.05) is 31.6 Å². The Balaban J connectivity index is 2.31. The normalized spacial score (nSPS) is 12.6. The SMILES string of the molecule is CCc1cc(C(Cc2cccc(F)c2F)NC)n(CC)n1. The first-order valence-electron chi connectivity index (χ1n) is 7.27. The molecule has 5 heteroatoms. The van der Waals surface area contributed by atoms with E-state index in [0.29, 0.717) is 12.0 Å². The highest BCUT2D eigenvalue weighted by Gasteiger charge is 2.19. The van der Waals surface area contributed by atoms with Gasteiger partial charge in [-0.05, 0) is 44.5 Å². The Labute approximate surface area is 124 Å². The number of halogens is 2. The van der Waals surface area contributed by atoms with E-state index in [0.717, 1.165) is 30.4 Å². The molecule has 0 aliphatic rings. The van der Waals surface area contributed by atoms with Gasteiger partial charge in [0.25, 0.3) is 0 Å². The summed E-state index contributed by atoms with van der Waals surface area (Å²) in [6.07, 6.45) is 1.24. The number of likely N-dealkylation sites (N-methyl/N-ethyl adjacent to an activating group) is 1. The molecule has 1 N–H and O–H groups in total. The topological polar surface area (TPSA) is 29.9 Å². The van der Waals surface area contributed by atoms with Gasteiger partial charge in [0.15, 0.2) is 11.6 Å². The first-order valence-corrected chi connectivity index (χ1v) is 7.27. The van der Waals surface area contributed by atoms with Crippen molar-refractivity contribution in [1.29, 1.82) is 0 Å². The minimum absolute atomic E-state index is 0.103. The second kappa shape index (κ2) is 6.80. The van der Waals surface area contributed by atoms with Crippen LogP contribution in [0.3, 0.4) is 0 Å². The molecule has 21 heavy (non-hydrogen) atoms. The first-order chi connectivity index (χ1) is 10.1. The average Bonchev–Trinajstić information content (AvgIpc) is 2.92. The molecular weight excluding hydrogens is 272 g/mol. The molecule has 0 aliphatic carbocycles. The van der Waals surface area contributed by atoms with E-state index in [9.17, 15) is 8.78 Å². The fourth-order valence-electron chi connectivity index (χ4n) is 2.47. The number of hydrogen-bond acceptors (Lipinski definition) is 2. The summed E-state index contributed by atoms with van der Waals surface area (Å²) in [6, 6.07) is 6.22. The summed E-state index contributed by atoms with van der Waals surface area (Å²) in [6.45, 7) is 4.82. The zero-order valence-corrected chi connectivity index (χ0v) is 12.7. The van der Waals surface area contributed by atoms with Crippen LogP contribution in [0.5, 0.6) is 0 Å². The van der Waals surface area contributed by atoms with Gasteiger partial charge in [0.05, 0.1) is 17.4 Å². The maximum absolute atomic E-state index is 13.8. The molecule has 0 saturated heterocycles. The second-order valence-corrected chi connectivity index (χ2v) is 4.99. The molecule has 0 radical (unpaired) electrons. The molecule has 1 unspecified atom stereocenters. The molecule has 3 nitrogen and oxygen atoms in total. The summed E-state index contributed by atoms with van der Waals surface area (Å²) in [4.78, 5) is 0. The van der Waals surface area contributed by atoms with Crippen LogP contribution in [-0.4, -0.2) is 16.8 Å². The Hall–Kier alpha value is -1.75. The lowest BCUT2D eigenvalue weighted by molar-refractivity contribution is 0.473. The van der Waals surface area contributed by atoms with E-state index in [4.69, 9.17) is 0 Å². The van der Waals surface area contributed by atoms with Crippen molar-refractivity contribution in [2.75, 3.05) is 7.05 Å². The largest absolute Gasteiger partial charge is 0.311 e. The van der Waals surface area contributed by atoms with Crippen LogP contribution in [0.4, 0.5) is 8.78 Å². The van der Waals surface area contributed by atoms with E-state index in [1.54, 1.807) is 6.07 Å². The van der Waals surface area contributed by atoms with Crippen LogP contribution in [0, 0.1) is 11.6 Å². The third-order valence-corrected chi connectivity index (χ3v) is 3.68. The number of aryl methyl sites for hydroxylation is 2. The highest BCUT2D eigenvalue weighted by molar-refractivity contribution is 5.23. The Morgan fingerprint density at radius 1 is 1.29 bits per heavy atom. The number of nitrogens with one attached hydrogen (secondary N) is 1. The third-order valence-electron chi connectivity index (χ3n) is 3.68. The molecule has 2 aromatic rings. The van der Waals surface area contributed by atoms with E-state index in [2.05, 4.69) is 10.4 Å². The van der Waals surface area contributed by atoms with Gasteiger partial charge in [-0.3, -0.25) is 4.68 Å². The molecular formula is C16H21F2N3. The van der Waals surface area contributed by atoms with E-state index < -0.39 is 11.6 Å². The van der Waals surface area contributed by atoms with Gasteiger partial charge in [-0.1, -0.05) is 19.1 Å². The fraction of sp³-hybridized carbons (Fsp3) is 0.438. The van der Waals surface area contributed by atoms with Gasteiger partial charge in [0.1, 0.15) is 0 Å².